The molecule has 1 fully saturated rings. The van der Waals surface area contributed by atoms with Crippen molar-refractivity contribution in [3.63, 3.8) is 0 Å². The molecule has 1 aliphatic heterocycles. The predicted molar refractivity (Wildman–Crippen MR) is 64.6 cm³/mol. The van der Waals surface area contributed by atoms with Crippen molar-refractivity contribution in [1.82, 2.24) is 10.6 Å². The quantitative estimate of drug-likeness (QED) is 0.637. The van der Waals surface area contributed by atoms with Gasteiger partial charge in [0.05, 0.1) is 5.92 Å². The lowest BCUT2D eigenvalue weighted by atomic mass is 9.96. The molecule has 0 bridgehead atoms. The van der Waals surface area contributed by atoms with Crippen LogP contribution >= 0.6 is 0 Å². The number of carboxylic acids is 1. The highest BCUT2D eigenvalue weighted by atomic mass is 16.4. The minimum atomic E-state index is -0.848. The van der Waals surface area contributed by atoms with Crippen LogP contribution in [0.4, 0.5) is 0 Å². The molecule has 1 saturated heterocycles. The maximum atomic E-state index is 11.6. The highest BCUT2D eigenvalue weighted by molar-refractivity contribution is 5.78. The molecule has 17 heavy (non-hydrogen) atoms. The molecule has 3 N–H and O–H groups in total. The van der Waals surface area contributed by atoms with Gasteiger partial charge in [-0.1, -0.05) is 13.8 Å². The van der Waals surface area contributed by atoms with Crippen molar-refractivity contribution in [1.29, 1.82) is 0 Å². The number of hydrogen-bond donors (Lipinski definition) is 3. The van der Waals surface area contributed by atoms with Gasteiger partial charge in [0.25, 0.3) is 0 Å². The van der Waals surface area contributed by atoms with Crippen molar-refractivity contribution < 1.29 is 14.7 Å². The van der Waals surface area contributed by atoms with Crippen LogP contribution in [0.25, 0.3) is 0 Å². The first-order chi connectivity index (χ1) is 8.00. The number of aliphatic carboxylic acids is 1. The fraction of sp³-hybridized carbons (Fsp3) is 0.833. The third-order valence-corrected chi connectivity index (χ3v) is 3.24. The molecular formula is C12H22N2O3. The van der Waals surface area contributed by atoms with Gasteiger partial charge < -0.3 is 15.7 Å². The highest BCUT2D eigenvalue weighted by Crippen LogP contribution is 2.11. The Morgan fingerprint density at radius 1 is 1.47 bits per heavy atom. The number of carbonyl (C=O) groups excluding carboxylic acids is 1. The van der Waals surface area contributed by atoms with Gasteiger partial charge in [-0.15, -0.1) is 0 Å². The summed E-state index contributed by atoms with van der Waals surface area (Å²) >= 11 is 0. The van der Waals surface area contributed by atoms with Gasteiger partial charge in [0.1, 0.15) is 0 Å². The molecule has 1 rings (SSSR count). The molecule has 0 aliphatic carbocycles. The summed E-state index contributed by atoms with van der Waals surface area (Å²) in [4.78, 5) is 22.5. The van der Waals surface area contributed by atoms with Crippen LogP contribution in [0.15, 0.2) is 0 Å². The zero-order valence-electron chi connectivity index (χ0n) is 10.5. The van der Waals surface area contributed by atoms with Gasteiger partial charge in [-0.05, 0) is 25.3 Å². The van der Waals surface area contributed by atoms with Gasteiger partial charge in [0.15, 0.2) is 0 Å². The van der Waals surface area contributed by atoms with Crippen LogP contribution < -0.4 is 10.6 Å². The molecule has 0 radical (unpaired) electrons. The Bertz CT molecular complexity index is 273. The van der Waals surface area contributed by atoms with Crippen LogP contribution in [-0.4, -0.2) is 36.1 Å². The summed E-state index contributed by atoms with van der Waals surface area (Å²) in [6.07, 6.45) is 2.59. The van der Waals surface area contributed by atoms with Crippen LogP contribution in [0.1, 0.15) is 33.1 Å². The number of rotatable bonds is 6. The van der Waals surface area contributed by atoms with E-state index in [-0.39, 0.29) is 24.4 Å². The summed E-state index contributed by atoms with van der Waals surface area (Å²) in [5.41, 5.74) is 0. The van der Waals surface area contributed by atoms with E-state index in [9.17, 15) is 9.59 Å². The van der Waals surface area contributed by atoms with Crippen LogP contribution in [0, 0.1) is 11.8 Å². The summed E-state index contributed by atoms with van der Waals surface area (Å²) in [6.45, 7) is 4.90. The van der Waals surface area contributed by atoms with Crippen LogP contribution in [0.3, 0.4) is 0 Å². The van der Waals surface area contributed by atoms with Crippen molar-refractivity contribution in [2.45, 2.75) is 39.2 Å². The van der Waals surface area contributed by atoms with Crippen LogP contribution in [0.5, 0.6) is 0 Å². The molecule has 2 atom stereocenters. The second kappa shape index (κ2) is 6.59. The molecular weight excluding hydrogens is 220 g/mol. The average Bonchev–Trinajstić information content (AvgIpc) is 2.69. The van der Waals surface area contributed by atoms with E-state index in [1.807, 2.05) is 13.8 Å². The lowest BCUT2D eigenvalue weighted by Gasteiger charge is -2.17. The summed E-state index contributed by atoms with van der Waals surface area (Å²) < 4.78 is 0. The largest absolute Gasteiger partial charge is 0.481 e. The van der Waals surface area contributed by atoms with E-state index in [1.165, 1.54) is 0 Å². The van der Waals surface area contributed by atoms with Crippen molar-refractivity contribution in [3.8, 4) is 0 Å². The fourth-order valence-electron chi connectivity index (χ4n) is 2.06. The molecule has 0 aromatic carbocycles. The molecule has 0 saturated carbocycles. The minimum absolute atomic E-state index is 0.0254. The van der Waals surface area contributed by atoms with Gasteiger partial charge in [-0.2, -0.15) is 0 Å². The average molecular weight is 242 g/mol. The zero-order chi connectivity index (χ0) is 12.8. The number of nitrogens with one attached hydrogen (secondary N) is 2. The van der Waals surface area contributed by atoms with Crippen LogP contribution in [-0.2, 0) is 9.59 Å². The summed E-state index contributed by atoms with van der Waals surface area (Å²) in [5.74, 6) is -1.39. The first-order valence-electron chi connectivity index (χ1n) is 6.23. The van der Waals surface area contributed by atoms with Gasteiger partial charge in [0.2, 0.25) is 5.91 Å². The Morgan fingerprint density at radius 3 is 2.65 bits per heavy atom. The second-order valence-corrected chi connectivity index (χ2v) is 4.99. The van der Waals surface area contributed by atoms with Gasteiger partial charge in [-0.3, -0.25) is 9.59 Å². The Labute approximate surface area is 102 Å². The molecule has 1 aliphatic rings. The first-order valence-corrected chi connectivity index (χ1v) is 6.23. The topological polar surface area (TPSA) is 78.4 Å². The van der Waals surface area contributed by atoms with E-state index in [2.05, 4.69) is 10.6 Å². The molecule has 0 aromatic heterocycles. The van der Waals surface area contributed by atoms with Crippen LogP contribution in [0.2, 0.25) is 0 Å². The first kappa shape index (κ1) is 14.0. The predicted octanol–water partition coefficient (Wildman–Crippen LogP) is 0.602. The maximum absolute atomic E-state index is 11.6. The lowest BCUT2D eigenvalue weighted by Crippen LogP contribution is -2.38. The van der Waals surface area contributed by atoms with E-state index < -0.39 is 11.9 Å². The third kappa shape index (κ3) is 4.73. The molecule has 98 valence electrons. The maximum Gasteiger partial charge on any atom is 0.308 e. The normalized spacial score (nSPS) is 21.5. The number of amides is 1. The van der Waals surface area contributed by atoms with Crippen molar-refractivity contribution in [2.75, 3.05) is 13.1 Å². The Balaban J connectivity index is 2.28. The molecule has 1 amide bonds. The van der Waals surface area contributed by atoms with Crippen molar-refractivity contribution in [2.24, 2.45) is 11.8 Å². The standard InChI is InChI=1S/C12H22N2O3/c1-8(2)10(12(16)17)7-14-11(15)6-9-4-3-5-13-9/h8-10,13H,3-7H2,1-2H3,(H,14,15)(H,16,17). The van der Waals surface area contributed by atoms with Gasteiger partial charge >= 0.3 is 5.97 Å². The van der Waals surface area contributed by atoms with Gasteiger partial charge in [0, 0.05) is 19.0 Å². The zero-order valence-corrected chi connectivity index (χ0v) is 10.5. The smallest absolute Gasteiger partial charge is 0.308 e. The fourth-order valence-corrected chi connectivity index (χ4v) is 2.06. The van der Waals surface area contributed by atoms with E-state index in [0.29, 0.717) is 6.42 Å². The minimum Gasteiger partial charge on any atom is -0.481 e. The summed E-state index contributed by atoms with van der Waals surface area (Å²) in [5, 5.41) is 14.9. The van der Waals surface area contributed by atoms with E-state index in [1.54, 1.807) is 0 Å². The Hall–Kier alpha value is -1.10. The number of hydrogen-bond acceptors (Lipinski definition) is 3. The van der Waals surface area contributed by atoms with Gasteiger partial charge in [-0.25, -0.2) is 0 Å². The molecule has 0 aromatic rings. The van der Waals surface area contributed by atoms with E-state index in [4.69, 9.17) is 5.11 Å². The lowest BCUT2D eigenvalue weighted by molar-refractivity contribution is -0.143. The SMILES string of the molecule is CC(C)C(CNC(=O)CC1CCCN1)C(=O)O. The number of carbonyl (C=O) groups is 2. The third-order valence-electron chi connectivity index (χ3n) is 3.24. The summed E-state index contributed by atoms with van der Waals surface area (Å²) in [7, 11) is 0. The molecule has 5 nitrogen and oxygen atoms in total. The van der Waals surface area contributed by atoms with E-state index >= 15 is 0 Å². The summed E-state index contributed by atoms with van der Waals surface area (Å²) in [6, 6.07) is 0.261. The molecule has 0 spiro atoms. The number of carboxylic acid groups (broad SMARTS) is 1. The molecule has 1 heterocycles. The second-order valence-electron chi connectivity index (χ2n) is 4.99. The molecule has 2 unspecified atom stereocenters. The van der Waals surface area contributed by atoms with Crippen molar-refractivity contribution in [3.05, 3.63) is 0 Å². The highest BCUT2D eigenvalue weighted by Gasteiger charge is 2.23. The van der Waals surface area contributed by atoms with E-state index in [0.717, 1.165) is 19.4 Å². The van der Waals surface area contributed by atoms with Crippen molar-refractivity contribution >= 4 is 11.9 Å². The Kier molecular flexibility index (Phi) is 5.41. The molecule has 5 heteroatoms. The Morgan fingerprint density at radius 2 is 2.18 bits per heavy atom. The monoisotopic (exact) mass is 242 g/mol.